The van der Waals surface area contributed by atoms with Gasteiger partial charge in [0.2, 0.25) is 5.91 Å². The van der Waals surface area contributed by atoms with Crippen molar-refractivity contribution < 1.29 is 9.21 Å². The number of fused-ring (bicyclic) bond motifs is 1. The Morgan fingerprint density at radius 1 is 1.32 bits per heavy atom. The molecule has 2 aromatic heterocycles. The Bertz CT molecular complexity index is 932. The molecule has 0 spiro atoms. The molecule has 1 atom stereocenters. The van der Waals surface area contributed by atoms with E-state index >= 15 is 0 Å². The van der Waals surface area contributed by atoms with Crippen molar-refractivity contribution >= 4 is 16.9 Å². The molecule has 1 aliphatic rings. The van der Waals surface area contributed by atoms with E-state index in [0.717, 1.165) is 46.6 Å². The van der Waals surface area contributed by atoms with Crippen LogP contribution in [0.4, 0.5) is 0 Å². The number of hydrogen-bond donors (Lipinski definition) is 0. The molecule has 5 heteroatoms. The summed E-state index contributed by atoms with van der Waals surface area (Å²) in [4.78, 5) is 23.5. The van der Waals surface area contributed by atoms with Gasteiger partial charge in [0.1, 0.15) is 11.4 Å². The fourth-order valence-corrected chi connectivity index (χ4v) is 3.46. The molecule has 1 unspecified atom stereocenters. The lowest BCUT2D eigenvalue weighted by Crippen LogP contribution is -2.30. The van der Waals surface area contributed by atoms with Crippen LogP contribution < -0.4 is 0 Å². The van der Waals surface area contributed by atoms with Gasteiger partial charge in [-0.1, -0.05) is 12.1 Å². The van der Waals surface area contributed by atoms with E-state index in [1.165, 1.54) is 0 Å². The first-order chi connectivity index (χ1) is 12.1. The van der Waals surface area contributed by atoms with E-state index in [4.69, 9.17) is 4.42 Å². The first-order valence-electron chi connectivity index (χ1n) is 8.64. The quantitative estimate of drug-likeness (QED) is 0.736. The van der Waals surface area contributed by atoms with Crippen LogP contribution in [0.1, 0.15) is 35.0 Å². The van der Waals surface area contributed by atoms with Crippen LogP contribution in [-0.4, -0.2) is 33.9 Å². The molecule has 0 radical (unpaired) electrons. The van der Waals surface area contributed by atoms with Crippen molar-refractivity contribution in [1.82, 2.24) is 14.9 Å². The highest BCUT2D eigenvalue weighted by Gasteiger charge is 2.29. The van der Waals surface area contributed by atoms with E-state index in [-0.39, 0.29) is 11.8 Å². The van der Waals surface area contributed by atoms with Crippen LogP contribution >= 0.6 is 0 Å². The fourth-order valence-electron chi connectivity index (χ4n) is 3.46. The number of carbonyl (C=O) groups is 1. The molecule has 3 heterocycles. The minimum absolute atomic E-state index is 0.137. The molecule has 1 saturated heterocycles. The van der Waals surface area contributed by atoms with Crippen LogP contribution in [0.15, 0.2) is 41.1 Å². The number of benzene rings is 1. The lowest BCUT2D eigenvalue weighted by atomic mass is 10.1. The minimum atomic E-state index is 0.137. The summed E-state index contributed by atoms with van der Waals surface area (Å²) in [6, 6.07) is 7.98. The van der Waals surface area contributed by atoms with E-state index in [9.17, 15) is 4.79 Å². The third kappa shape index (κ3) is 3.14. The Morgan fingerprint density at radius 2 is 2.20 bits per heavy atom. The van der Waals surface area contributed by atoms with Crippen molar-refractivity contribution in [1.29, 1.82) is 0 Å². The molecule has 0 saturated carbocycles. The number of hydrogen-bond acceptors (Lipinski definition) is 4. The third-order valence-corrected chi connectivity index (χ3v) is 4.87. The monoisotopic (exact) mass is 335 g/mol. The molecule has 4 rings (SSSR count). The standard InChI is InChI=1S/C20H21N3O2/c1-13-3-4-17-16(12-25-18(17)9-13)10-19(24)23-8-6-15(11-23)20-21-7-5-14(2)22-20/h3-5,7,9,12,15H,6,8,10-11H2,1-2H3. The van der Waals surface area contributed by atoms with Gasteiger partial charge < -0.3 is 9.32 Å². The lowest BCUT2D eigenvalue weighted by Gasteiger charge is -2.16. The molecule has 1 amide bonds. The third-order valence-electron chi connectivity index (χ3n) is 4.87. The van der Waals surface area contributed by atoms with Crippen molar-refractivity contribution in [2.24, 2.45) is 0 Å². The SMILES string of the molecule is Cc1ccc2c(CC(=O)N3CCC(c4nccc(C)n4)C3)coc2c1. The van der Waals surface area contributed by atoms with Gasteiger partial charge in [-0.2, -0.15) is 0 Å². The average molecular weight is 335 g/mol. The van der Waals surface area contributed by atoms with E-state index < -0.39 is 0 Å². The number of likely N-dealkylation sites (tertiary alicyclic amines) is 1. The normalized spacial score (nSPS) is 17.4. The van der Waals surface area contributed by atoms with Gasteiger partial charge in [-0.15, -0.1) is 0 Å². The molecule has 25 heavy (non-hydrogen) atoms. The predicted octanol–water partition coefficient (Wildman–Crippen LogP) is 3.40. The number of amides is 1. The molecule has 0 aliphatic carbocycles. The highest BCUT2D eigenvalue weighted by atomic mass is 16.3. The van der Waals surface area contributed by atoms with Crippen LogP contribution in [0.25, 0.3) is 11.0 Å². The number of carbonyl (C=O) groups excluding carboxylic acids is 1. The summed E-state index contributed by atoms with van der Waals surface area (Å²) in [5.41, 5.74) is 3.92. The lowest BCUT2D eigenvalue weighted by molar-refractivity contribution is -0.129. The molecule has 128 valence electrons. The highest BCUT2D eigenvalue weighted by molar-refractivity contribution is 5.88. The van der Waals surface area contributed by atoms with Gasteiger partial charge >= 0.3 is 0 Å². The maximum absolute atomic E-state index is 12.7. The van der Waals surface area contributed by atoms with Crippen LogP contribution in [0.3, 0.4) is 0 Å². The Kier molecular flexibility index (Phi) is 3.99. The largest absolute Gasteiger partial charge is 0.464 e. The van der Waals surface area contributed by atoms with Gasteiger partial charge in [-0.05, 0) is 38.0 Å². The summed E-state index contributed by atoms with van der Waals surface area (Å²) in [5, 5.41) is 1.02. The maximum atomic E-state index is 12.7. The predicted molar refractivity (Wildman–Crippen MR) is 95.4 cm³/mol. The molecule has 3 aromatic rings. The summed E-state index contributed by atoms with van der Waals surface area (Å²) in [6.45, 7) is 5.45. The summed E-state index contributed by atoms with van der Waals surface area (Å²) < 4.78 is 5.61. The Hall–Kier alpha value is -2.69. The van der Waals surface area contributed by atoms with Crippen molar-refractivity contribution in [3.05, 3.63) is 59.4 Å². The summed E-state index contributed by atoms with van der Waals surface area (Å²) in [6.07, 6.45) is 4.79. The van der Waals surface area contributed by atoms with Crippen molar-refractivity contribution in [2.75, 3.05) is 13.1 Å². The number of rotatable bonds is 3. The Morgan fingerprint density at radius 3 is 3.04 bits per heavy atom. The van der Waals surface area contributed by atoms with Crippen LogP contribution in [0.2, 0.25) is 0 Å². The summed E-state index contributed by atoms with van der Waals surface area (Å²) in [7, 11) is 0. The van der Waals surface area contributed by atoms with Gasteiger partial charge in [0.15, 0.2) is 0 Å². The summed E-state index contributed by atoms with van der Waals surface area (Å²) >= 11 is 0. The minimum Gasteiger partial charge on any atom is -0.464 e. The maximum Gasteiger partial charge on any atom is 0.227 e. The average Bonchev–Trinajstić information content (AvgIpc) is 3.22. The molecule has 0 bridgehead atoms. The smallest absolute Gasteiger partial charge is 0.227 e. The number of aromatic nitrogens is 2. The zero-order valence-corrected chi connectivity index (χ0v) is 14.5. The van der Waals surface area contributed by atoms with E-state index in [1.54, 1.807) is 12.5 Å². The fraction of sp³-hybridized carbons (Fsp3) is 0.350. The second kappa shape index (κ2) is 6.31. The van der Waals surface area contributed by atoms with Gasteiger partial charge in [0, 0.05) is 41.8 Å². The van der Waals surface area contributed by atoms with Crippen molar-refractivity contribution in [3.63, 3.8) is 0 Å². The molecule has 1 aromatic carbocycles. The van der Waals surface area contributed by atoms with E-state index in [1.807, 2.05) is 43.0 Å². The molecular formula is C20H21N3O2. The van der Waals surface area contributed by atoms with Gasteiger partial charge in [-0.3, -0.25) is 4.79 Å². The highest BCUT2D eigenvalue weighted by Crippen LogP contribution is 2.27. The summed E-state index contributed by atoms with van der Waals surface area (Å²) in [5.74, 6) is 1.21. The van der Waals surface area contributed by atoms with Crippen molar-refractivity contribution in [2.45, 2.75) is 32.6 Å². The van der Waals surface area contributed by atoms with E-state index in [0.29, 0.717) is 13.0 Å². The Balaban J connectivity index is 1.46. The second-order valence-electron chi connectivity index (χ2n) is 6.82. The number of nitrogens with zero attached hydrogens (tertiary/aromatic N) is 3. The number of aryl methyl sites for hydroxylation is 2. The van der Waals surface area contributed by atoms with Gasteiger partial charge in [0.25, 0.3) is 0 Å². The van der Waals surface area contributed by atoms with Crippen LogP contribution in [-0.2, 0) is 11.2 Å². The van der Waals surface area contributed by atoms with Crippen LogP contribution in [0, 0.1) is 13.8 Å². The molecule has 1 aliphatic heterocycles. The first-order valence-corrected chi connectivity index (χ1v) is 8.64. The van der Waals surface area contributed by atoms with Crippen molar-refractivity contribution in [3.8, 4) is 0 Å². The molecular weight excluding hydrogens is 314 g/mol. The molecule has 5 nitrogen and oxygen atoms in total. The first kappa shape index (κ1) is 15.8. The van der Waals surface area contributed by atoms with Gasteiger partial charge in [-0.25, -0.2) is 9.97 Å². The molecule has 0 N–H and O–H groups in total. The van der Waals surface area contributed by atoms with Gasteiger partial charge in [0.05, 0.1) is 12.7 Å². The topological polar surface area (TPSA) is 59.2 Å². The zero-order chi connectivity index (χ0) is 17.4. The Labute approximate surface area is 146 Å². The van der Waals surface area contributed by atoms with E-state index in [2.05, 4.69) is 9.97 Å². The second-order valence-corrected chi connectivity index (χ2v) is 6.82. The zero-order valence-electron chi connectivity index (χ0n) is 14.5. The van der Waals surface area contributed by atoms with Crippen LogP contribution in [0.5, 0.6) is 0 Å². The molecule has 1 fully saturated rings. The number of furan rings is 1.